The molecule has 1 heterocycles. The predicted molar refractivity (Wildman–Crippen MR) is 66.9 cm³/mol. The molecule has 0 aromatic carbocycles. The van der Waals surface area contributed by atoms with Crippen molar-refractivity contribution in [3.05, 3.63) is 21.9 Å². The van der Waals surface area contributed by atoms with Gasteiger partial charge in [0.25, 0.3) is 0 Å². The van der Waals surface area contributed by atoms with E-state index in [0.717, 1.165) is 10.4 Å². The van der Waals surface area contributed by atoms with E-state index in [2.05, 4.69) is 0 Å². The van der Waals surface area contributed by atoms with Crippen LogP contribution in [0.3, 0.4) is 0 Å². The molecule has 90 valence electrons. The Balaban J connectivity index is 2.46. The molecule has 0 atom stereocenters. The van der Waals surface area contributed by atoms with Gasteiger partial charge in [0.2, 0.25) is 0 Å². The SMILES string of the molecule is CCS(=O)(=O)CCCC(=O)c1sccc1C. The zero-order valence-electron chi connectivity index (χ0n) is 9.52. The minimum Gasteiger partial charge on any atom is -0.293 e. The molecule has 0 aliphatic heterocycles. The van der Waals surface area contributed by atoms with Crippen molar-refractivity contribution in [2.75, 3.05) is 11.5 Å². The molecule has 0 spiro atoms. The summed E-state index contributed by atoms with van der Waals surface area (Å²) in [5.41, 5.74) is 0.980. The molecule has 0 radical (unpaired) electrons. The first kappa shape index (κ1) is 13.4. The maximum atomic E-state index is 11.7. The summed E-state index contributed by atoms with van der Waals surface area (Å²) in [7, 11) is -2.94. The smallest absolute Gasteiger partial charge is 0.173 e. The maximum Gasteiger partial charge on any atom is 0.173 e. The van der Waals surface area contributed by atoms with Gasteiger partial charge in [-0.25, -0.2) is 8.42 Å². The third-order valence-corrected chi connectivity index (χ3v) is 5.26. The second-order valence-electron chi connectivity index (χ2n) is 3.70. The zero-order valence-corrected chi connectivity index (χ0v) is 11.2. The average molecular weight is 260 g/mol. The number of thiophene rings is 1. The van der Waals surface area contributed by atoms with Crippen LogP contribution in [0, 0.1) is 6.92 Å². The highest BCUT2D eigenvalue weighted by molar-refractivity contribution is 7.91. The largest absolute Gasteiger partial charge is 0.293 e. The van der Waals surface area contributed by atoms with Crippen LogP contribution in [0.15, 0.2) is 11.4 Å². The number of sulfone groups is 1. The summed E-state index contributed by atoms with van der Waals surface area (Å²) in [5, 5.41) is 1.88. The lowest BCUT2D eigenvalue weighted by atomic mass is 10.1. The lowest BCUT2D eigenvalue weighted by Gasteiger charge is -2.01. The van der Waals surface area contributed by atoms with Crippen LogP contribution in [0.4, 0.5) is 0 Å². The first-order chi connectivity index (χ1) is 7.46. The molecule has 0 unspecified atom stereocenters. The molecule has 0 amide bonds. The van der Waals surface area contributed by atoms with Gasteiger partial charge in [0, 0.05) is 12.2 Å². The third-order valence-electron chi connectivity index (χ3n) is 2.41. The molecule has 0 N–H and O–H groups in total. The van der Waals surface area contributed by atoms with Crippen LogP contribution in [-0.2, 0) is 9.84 Å². The fourth-order valence-corrected chi connectivity index (χ4v) is 3.14. The molecule has 5 heteroatoms. The number of hydrogen-bond donors (Lipinski definition) is 0. The number of carbonyl (C=O) groups is 1. The zero-order chi connectivity index (χ0) is 12.2. The molecule has 0 aliphatic rings. The Bertz CT molecular complexity index is 457. The Hall–Kier alpha value is -0.680. The summed E-state index contributed by atoms with van der Waals surface area (Å²) in [6.45, 7) is 3.52. The van der Waals surface area contributed by atoms with Crippen LogP contribution in [-0.4, -0.2) is 25.7 Å². The van der Waals surface area contributed by atoms with Crippen LogP contribution in [0.1, 0.15) is 35.0 Å². The van der Waals surface area contributed by atoms with Crippen molar-refractivity contribution in [2.24, 2.45) is 0 Å². The highest BCUT2D eigenvalue weighted by Gasteiger charge is 2.12. The number of ketones is 1. The number of aryl methyl sites for hydroxylation is 1. The summed E-state index contributed by atoms with van der Waals surface area (Å²) in [6.07, 6.45) is 0.743. The lowest BCUT2D eigenvalue weighted by molar-refractivity contribution is 0.0985. The molecule has 16 heavy (non-hydrogen) atoms. The van der Waals surface area contributed by atoms with E-state index < -0.39 is 9.84 Å². The fourth-order valence-electron chi connectivity index (χ4n) is 1.37. The van der Waals surface area contributed by atoms with E-state index in [0.29, 0.717) is 12.8 Å². The van der Waals surface area contributed by atoms with E-state index in [1.165, 1.54) is 11.3 Å². The Morgan fingerprint density at radius 2 is 2.12 bits per heavy atom. The van der Waals surface area contributed by atoms with Gasteiger partial charge in [-0.3, -0.25) is 4.79 Å². The van der Waals surface area contributed by atoms with Gasteiger partial charge in [0.05, 0.1) is 10.6 Å². The number of Topliss-reactive ketones (excluding diaryl/α,β-unsaturated/α-hetero) is 1. The van der Waals surface area contributed by atoms with Gasteiger partial charge in [-0.1, -0.05) is 6.92 Å². The molecule has 1 aromatic heterocycles. The molecule has 0 saturated heterocycles. The van der Waals surface area contributed by atoms with Gasteiger partial charge in [-0.15, -0.1) is 11.3 Å². The van der Waals surface area contributed by atoms with E-state index in [4.69, 9.17) is 0 Å². The van der Waals surface area contributed by atoms with Gasteiger partial charge >= 0.3 is 0 Å². The number of rotatable bonds is 6. The summed E-state index contributed by atoms with van der Waals surface area (Å²) in [5.74, 6) is 0.317. The Kier molecular flexibility index (Phi) is 4.68. The second-order valence-corrected chi connectivity index (χ2v) is 7.08. The third kappa shape index (κ3) is 3.72. The van der Waals surface area contributed by atoms with E-state index in [9.17, 15) is 13.2 Å². The quantitative estimate of drug-likeness (QED) is 0.738. The predicted octanol–water partition coefficient (Wildman–Crippen LogP) is 2.45. The Labute approximate surface area is 100 Å². The monoisotopic (exact) mass is 260 g/mol. The topological polar surface area (TPSA) is 51.2 Å². The van der Waals surface area contributed by atoms with Crippen molar-refractivity contribution in [1.82, 2.24) is 0 Å². The number of carbonyl (C=O) groups excluding carboxylic acids is 1. The summed E-state index contributed by atoms with van der Waals surface area (Å²) >= 11 is 1.42. The van der Waals surface area contributed by atoms with Gasteiger partial charge in [-0.05, 0) is 30.4 Å². The second kappa shape index (κ2) is 5.59. The highest BCUT2D eigenvalue weighted by Crippen LogP contribution is 2.18. The molecule has 0 saturated carbocycles. The van der Waals surface area contributed by atoms with Crippen LogP contribution in [0.5, 0.6) is 0 Å². The molecular formula is C11H16O3S2. The van der Waals surface area contributed by atoms with Crippen molar-refractivity contribution in [2.45, 2.75) is 26.7 Å². The summed E-state index contributed by atoms with van der Waals surface area (Å²) < 4.78 is 22.5. The van der Waals surface area contributed by atoms with Crippen molar-refractivity contribution in [3.63, 3.8) is 0 Å². The van der Waals surface area contributed by atoms with Crippen molar-refractivity contribution in [1.29, 1.82) is 0 Å². The minimum atomic E-state index is -2.94. The van der Waals surface area contributed by atoms with Crippen LogP contribution < -0.4 is 0 Å². The summed E-state index contributed by atoms with van der Waals surface area (Å²) in [4.78, 5) is 12.5. The van der Waals surface area contributed by atoms with Crippen molar-refractivity contribution >= 4 is 27.0 Å². The van der Waals surface area contributed by atoms with Crippen LogP contribution >= 0.6 is 11.3 Å². The van der Waals surface area contributed by atoms with Gasteiger partial charge in [-0.2, -0.15) is 0 Å². The van der Waals surface area contributed by atoms with Crippen molar-refractivity contribution in [3.8, 4) is 0 Å². The number of hydrogen-bond acceptors (Lipinski definition) is 4. The maximum absolute atomic E-state index is 11.7. The lowest BCUT2D eigenvalue weighted by Crippen LogP contribution is -2.10. The van der Waals surface area contributed by atoms with E-state index in [1.54, 1.807) is 6.92 Å². The van der Waals surface area contributed by atoms with Gasteiger partial charge in [0.1, 0.15) is 9.84 Å². The standard InChI is InChI=1S/C11H16O3S2/c1-3-16(13,14)8-4-5-10(12)11-9(2)6-7-15-11/h6-7H,3-5,8H2,1-2H3. The molecule has 1 rings (SSSR count). The molecule has 0 fully saturated rings. The van der Waals surface area contributed by atoms with Crippen LogP contribution in [0.25, 0.3) is 0 Å². The van der Waals surface area contributed by atoms with Crippen LogP contribution in [0.2, 0.25) is 0 Å². The Morgan fingerprint density at radius 1 is 1.44 bits per heavy atom. The molecule has 0 aliphatic carbocycles. The average Bonchev–Trinajstić information content (AvgIpc) is 2.64. The molecule has 0 bridgehead atoms. The molecule has 1 aromatic rings. The first-order valence-corrected chi connectivity index (χ1v) is 7.94. The minimum absolute atomic E-state index is 0.0544. The van der Waals surface area contributed by atoms with Gasteiger partial charge < -0.3 is 0 Å². The normalized spacial score (nSPS) is 11.6. The Morgan fingerprint density at radius 3 is 2.62 bits per heavy atom. The summed E-state index contributed by atoms with van der Waals surface area (Å²) in [6, 6.07) is 1.90. The van der Waals surface area contributed by atoms with E-state index >= 15 is 0 Å². The van der Waals surface area contributed by atoms with E-state index in [1.807, 2.05) is 18.4 Å². The van der Waals surface area contributed by atoms with Gasteiger partial charge in [0.15, 0.2) is 5.78 Å². The highest BCUT2D eigenvalue weighted by atomic mass is 32.2. The van der Waals surface area contributed by atoms with E-state index in [-0.39, 0.29) is 17.3 Å². The fraction of sp³-hybridized carbons (Fsp3) is 0.545. The molecular weight excluding hydrogens is 244 g/mol. The first-order valence-electron chi connectivity index (χ1n) is 5.24. The van der Waals surface area contributed by atoms with Crippen molar-refractivity contribution < 1.29 is 13.2 Å². The molecule has 3 nitrogen and oxygen atoms in total.